The number of hydrogen-bond acceptors (Lipinski definition) is 24. The molecule has 0 fully saturated rings. The Labute approximate surface area is 576 Å². The summed E-state index contributed by atoms with van der Waals surface area (Å²) < 4.78 is 26.1. The molecule has 0 saturated carbocycles. The van der Waals surface area contributed by atoms with Crippen molar-refractivity contribution in [1.82, 2.24) is 60.7 Å². The highest BCUT2D eigenvalue weighted by molar-refractivity contribution is 7.13. The van der Waals surface area contributed by atoms with Gasteiger partial charge in [0.05, 0.1) is 38.3 Å². The number of benzene rings is 8. The maximum Gasteiger partial charge on any atom is 0.268 e. The van der Waals surface area contributed by atoms with E-state index in [1.165, 1.54) is 11.3 Å². The minimum Gasteiger partial charge on any atom is -0.507 e. The second kappa shape index (κ2) is 31.1. The molecule has 0 radical (unpaired) electrons. The van der Waals surface area contributed by atoms with Gasteiger partial charge in [0, 0.05) is 41.5 Å². The summed E-state index contributed by atoms with van der Waals surface area (Å²) >= 11 is 3.18. The van der Waals surface area contributed by atoms with Crippen LogP contribution in [0.3, 0.4) is 0 Å². The monoisotopic (exact) mass is 1360 g/mol. The highest BCUT2D eigenvalue weighted by Gasteiger charge is 2.20. The van der Waals surface area contributed by atoms with E-state index in [-0.39, 0.29) is 34.6 Å². The average Bonchev–Trinajstić information content (AvgIpc) is 1.57. The van der Waals surface area contributed by atoms with E-state index < -0.39 is 0 Å². The molecule has 0 saturated heterocycles. The molecular formula is C76H52N12O10S2. The van der Waals surface area contributed by atoms with Crippen molar-refractivity contribution in [3.63, 3.8) is 0 Å². The maximum absolute atomic E-state index is 9.95. The molecule has 0 unspecified atom stereocenters. The predicted octanol–water partition coefficient (Wildman–Crippen LogP) is 17.8. The van der Waals surface area contributed by atoms with Crippen LogP contribution in [0.15, 0.2) is 306 Å². The number of phenols is 5. The van der Waals surface area contributed by atoms with Crippen molar-refractivity contribution in [2.45, 2.75) is 0 Å². The van der Waals surface area contributed by atoms with E-state index in [4.69, 9.17) is 22.6 Å². The van der Waals surface area contributed by atoms with Crippen molar-refractivity contribution in [2.75, 3.05) is 0 Å². The second-order valence-corrected chi connectivity index (χ2v) is 22.9. The lowest BCUT2D eigenvalue weighted by Crippen LogP contribution is -1.87. The minimum absolute atomic E-state index is 0.110. The number of pyridine rings is 2. The number of hydrogen-bond donors (Lipinski definition) is 5. The van der Waals surface area contributed by atoms with E-state index in [0.717, 1.165) is 49.4 Å². The molecule has 0 atom stereocenters. The third-order valence-corrected chi connectivity index (χ3v) is 16.2. The first-order valence-corrected chi connectivity index (χ1v) is 32.2. The molecule has 17 aromatic rings. The Hall–Kier alpha value is -13.8. The highest BCUT2D eigenvalue weighted by Crippen LogP contribution is 2.38. The topological polar surface area (TPSA) is 322 Å². The van der Waals surface area contributed by atoms with Crippen molar-refractivity contribution in [3.8, 4) is 165 Å². The van der Waals surface area contributed by atoms with Crippen LogP contribution in [0.5, 0.6) is 28.7 Å². The fourth-order valence-corrected chi connectivity index (χ4v) is 11.1. The summed E-state index contributed by atoms with van der Waals surface area (Å²) in [5.74, 6) is 4.53. The Balaban J connectivity index is 0.000000113. The van der Waals surface area contributed by atoms with E-state index >= 15 is 0 Å². The van der Waals surface area contributed by atoms with Crippen LogP contribution < -0.4 is 0 Å². The molecule has 5 N–H and O–H groups in total. The van der Waals surface area contributed by atoms with Gasteiger partial charge in [-0.05, 0) is 135 Å². The van der Waals surface area contributed by atoms with Gasteiger partial charge in [0.25, 0.3) is 29.5 Å². The summed E-state index contributed by atoms with van der Waals surface area (Å²) in [5, 5.41) is 74.8. The highest BCUT2D eigenvalue weighted by atomic mass is 32.1. The quantitative estimate of drug-likeness (QED) is 0.0759. The lowest BCUT2D eigenvalue weighted by Gasteiger charge is -2.06. The first-order chi connectivity index (χ1) is 49.2. The van der Waals surface area contributed by atoms with Crippen molar-refractivity contribution >= 4 is 22.7 Å². The van der Waals surface area contributed by atoms with Gasteiger partial charge in [-0.2, -0.15) is 36.3 Å². The van der Waals surface area contributed by atoms with Crippen molar-refractivity contribution in [1.29, 1.82) is 0 Å². The number of rotatable bonds is 12. The maximum atomic E-state index is 9.95. The van der Waals surface area contributed by atoms with Gasteiger partial charge in [-0.3, -0.25) is 9.97 Å². The Morgan fingerprint density at radius 2 is 0.600 bits per heavy atom. The summed E-state index contributed by atoms with van der Waals surface area (Å²) in [7, 11) is 0. The fraction of sp³-hybridized carbons (Fsp3) is 0. The number of aromatic nitrogens is 12. The zero-order chi connectivity index (χ0) is 68.4. The molecule has 17 rings (SSSR count). The molecule has 9 heterocycles. The first-order valence-electron chi connectivity index (χ1n) is 30.4. The van der Waals surface area contributed by atoms with Crippen molar-refractivity contribution < 1.29 is 48.1 Å². The Bertz CT molecular complexity index is 5320. The zero-order valence-corrected chi connectivity index (χ0v) is 53.7. The SMILES string of the molecule is Oc1ccccc1-c1nc(-c2ccccc2-c2ccccc2)no1.Oc1ccccc1-c1nc(-c2ccccc2-c2ccsc2)no1.Oc1ccccc1-c1nc(-c2cccnc2)no1.Oc1ccccc1-c1noc(-c2cccnc2)n1.Oc1ccccc1-c1noc(-c2cccs2)n1. The third kappa shape index (κ3) is 15.4. The van der Waals surface area contributed by atoms with Crippen LogP contribution in [-0.2, 0) is 0 Å². The van der Waals surface area contributed by atoms with Crippen LogP contribution in [0, 0.1) is 0 Å². The van der Waals surface area contributed by atoms with Crippen LogP contribution in [-0.4, -0.2) is 86.2 Å². The van der Waals surface area contributed by atoms with Crippen LogP contribution in [0.4, 0.5) is 0 Å². The molecule has 9 aromatic heterocycles. The normalized spacial score (nSPS) is 10.6. The second-order valence-electron chi connectivity index (χ2n) is 21.1. The van der Waals surface area contributed by atoms with Gasteiger partial charge in [0.1, 0.15) is 28.7 Å². The number of thiophene rings is 2. The molecule has 0 aliphatic heterocycles. The molecule has 8 aromatic carbocycles. The molecule has 22 nitrogen and oxygen atoms in total. The van der Waals surface area contributed by atoms with Gasteiger partial charge in [-0.15, -0.1) is 11.3 Å². The molecule has 0 amide bonds. The van der Waals surface area contributed by atoms with Gasteiger partial charge < -0.3 is 48.1 Å². The molecule has 0 aliphatic rings. The van der Waals surface area contributed by atoms with E-state index in [0.29, 0.717) is 80.5 Å². The summed E-state index contributed by atoms with van der Waals surface area (Å²) in [4.78, 5) is 30.5. The Morgan fingerprint density at radius 1 is 0.250 bits per heavy atom. The first kappa shape index (κ1) is 64.8. The largest absolute Gasteiger partial charge is 0.507 e. The molecule has 488 valence electrons. The van der Waals surface area contributed by atoms with E-state index in [1.807, 2.05) is 132 Å². The Kier molecular flexibility index (Phi) is 20.2. The molecule has 0 bridgehead atoms. The lowest BCUT2D eigenvalue weighted by molar-refractivity contribution is 0.425. The smallest absolute Gasteiger partial charge is 0.268 e. The number of phenolic OH excluding ortho intramolecular Hbond substituents is 5. The summed E-state index contributed by atoms with van der Waals surface area (Å²) in [5.41, 5.74) is 10.3. The zero-order valence-electron chi connectivity index (χ0n) is 52.1. The summed E-state index contributed by atoms with van der Waals surface area (Å²) in [6.07, 6.45) is 6.64. The van der Waals surface area contributed by atoms with E-state index in [9.17, 15) is 25.5 Å². The van der Waals surface area contributed by atoms with Crippen LogP contribution in [0.2, 0.25) is 0 Å². The van der Waals surface area contributed by atoms with Crippen molar-refractivity contribution in [2.24, 2.45) is 0 Å². The lowest BCUT2D eigenvalue weighted by atomic mass is 9.99. The molecule has 100 heavy (non-hydrogen) atoms. The van der Waals surface area contributed by atoms with Gasteiger partial charge in [-0.1, -0.05) is 171 Å². The van der Waals surface area contributed by atoms with E-state index in [1.54, 1.807) is 151 Å². The van der Waals surface area contributed by atoms with Gasteiger partial charge in [0.15, 0.2) is 0 Å². The summed E-state index contributed by atoms with van der Waals surface area (Å²) in [6.45, 7) is 0. The van der Waals surface area contributed by atoms with Gasteiger partial charge >= 0.3 is 0 Å². The number of aromatic hydroxyl groups is 5. The third-order valence-electron chi connectivity index (χ3n) is 14.6. The number of nitrogens with zero attached hydrogens (tertiary/aromatic N) is 12. The average molecular weight is 1360 g/mol. The minimum atomic E-state index is 0.110. The van der Waals surface area contributed by atoms with Gasteiger partial charge in [0.2, 0.25) is 29.1 Å². The van der Waals surface area contributed by atoms with E-state index in [2.05, 4.69) is 72.1 Å². The van der Waals surface area contributed by atoms with Gasteiger partial charge in [-0.25, -0.2) is 0 Å². The molecule has 0 aliphatic carbocycles. The molecule has 0 spiro atoms. The van der Waals surface area contributed by atoms with Crippen molar-refractivity contribution in [3.05, 3.63) is 284 Å². The molecule has 24 heteroatoms. The van der Waals surface area contributed by atoms with Crippen LogP contribution in [0.25, 0.3) is 136 Å². The number of para-hydroxylation sites is 5. The standard InChI is InChI=1S/C20H14N2O2.C18H12N2O2S.2C13H9N3O2.C12H8N2O2S/c23-18-13-7-6-12-17(18)20-21-19(22-24-20)16-11-5-4-10-15(16)14-8-2-1-3-9-14;21-16-8-4-3-7-15(16)18-19-17(20-22-18)14-6-2-1-5-13(14)12-9-10-23-11-12;17-11-6-2-1-5-10(11)12-15-13(18-16-12)9-4-3-7-14-8-9;17-11-6-2-1-5-10(11)13-15-12(16-18-13)9-4-3-7-14-8-9;15-9-5-2-1-4-8(9)11-13-12(16-14-11)10-6-3-7-17-10/h1-13,23H;1-11,21H;2*1-8,17H;1-7,15H. The predicted molar refractivity (Wildman–Crippen MR) is 376 cm³/mol. The Morgan fingerprint density at radius 3 is 1.03 bits per heavy atom. The molecular weight excluding hydrogens is 1310 g/mol. The van der Waals surface area contributed by atoms with Crippen LogP contribution >= 0.6 is 22.7 Å². The summed E-state index contributed by atoms with van der Waals surface area (Å²) in [6, 6.07) is 73.4. The van der Waals surface area contributed by atoms with Crippen LogP contribution in [0.1, 0.15) is 0 Å². The fourth-order valence-electron chi connectivity index (χ4n) is 9.79.